The second-order valence-corrected chi connectivity index (χ2v) is 6.55. The zero-order valence-electron chi connectivity index (χ0n) is 15.4. The maximum Gasteiger partial charge on any atom is 0.251 e. The molecule has 0 heterocycles. The summed E-state index contributed by atoms with van der Waals surface area (Å²) in [6.45, 7) is 1.93. The number of azide groups is 1. The van der Waals surface area contributed by atoms with Crippen LogP contribution < -0.4 is 14.8 Å². The van der Waals surface area contributed by atoms with E-state index in [1.807, 2.05) is 12.5 Å². The summed E-state index contributed by atoms with van der Waals surface area (Å²) in [6, 6.07) is 6.78. The van der Waals surface area contributed by atoms with Gasteiger partial charge in [-0.3, -0.25) is 9.52 Å². The van der Waals surface area contributed by atoms with Crippen LogP contribution in [0.2, 0.25) is 0 Å². The molecule has 27 heavy (non-hydrogen) atoms. The number of ether oxygens (including phenoxy) is 3. The van der Waals surface area contributed by atoms with Crippen LogP contribution >= 0.6 is 23.7 Å². The van der Waals surface area contributed by atoms with Crippen LogP contribution in [-0.4, -0.2) is 63.5 Å². The predicted octanol–water partition coefficient (Wildman–Crippen LogP) is 2.65. The molecule has 1 amide bonds. The third-order valence-corrected chi connectivity index (χ3v) is 3.96. The van der Waals surface area contributed by atoms with E-state index in [0.29, 0.717) is 43.6 Å². The first-order chi connectivity index (χ1) is 13.2. The van der Waals surface area contributed by atoms with Gasteiger partial charge in [0.1, 0.15) is 12.4 Å². The third-order valence-electron chi connectivity index (χ3n) is 3.07. The van der Waals surface area contributed by atoms with Gasteiger partial charge in [0.05, 0.1) is 19.2 Å². The number of thioether (sulfide) groups is 1. The summed E-state index contributed by atoms with van der Waals surface area (Å²) in [6.07, 6.45) is 3.09. The number of benzene rings is 1. The molecule has 1 atom stereocenters. The summed E-state index contributed by atoms with van der Waals surface area (Å²) in [4.78, 5) is 14.9. The molecule has 1 rings (SSSR count). The summed E-state index contributed by atoms with van der Waals surface area (Å²) in [5.41, 5.74) is 9.13. The smallest absolute Gasteiger partial charge is 0.251 e. The van der Waals surface area contributed by atoms with Crippen LogP contribution in [0.1, 0.15) is 10.4 Å². The van der Waals surface area contributed by atoms with Gasteiger partial charge < -0.3 is 19.5 Å². The van der Waals surface area contributed by atoms with E-state index in [9.17, 15) is 4.79 Å². The van der Waals surface area contributed by atoms with E-state index >= 15 is 0 Å². The molecule has 9 nitrogen and oxygen atoms in total. The fourth-order valence-corrected chi connectivity index (χ4v) is 2.47. The van der Waals surface area contributed by atoms with Crippen molar-refractivity contribution in [2.24, 2.45) is 5.11 Å². The number of amides is 1. The van der Waals surface area contributed by atoms with Gasteiger partial charge >= 0.3 is 0 Å². The molecule has 0 radical (unpaired) electrons. The molecular weight excluding hydrogens is 390 g/mol. The highest BCUT2D eigenvalue weighted by molar-refractivity contribution is 7.98. The highest BCUT2D eigenvalue weighted by Gasteiger charge is 2.10. The van der Waals surface area contributed by atoms with Crippen LogP contribution in [0.5, 0.6) is 5.75 Å². The maximum atomic E-state index is 12.1. The Bertz CT molecular complexity index is 602. The maximum absolute atomic E-state index is 12.1. The topological polar surface area (TPSA) is 118 Å². The monoisotopic (exact) mass is 415 g/mol. The molecule has 0 saturated carbocycles. The highest BCUT2D eigenvalue weighted by atomic mass is 32.2. The molecule has 1 aromatic rings. The van der Waals surface area contributed by atoms with Crippen molar-refractivity contribution in [2.45, 2.75) is 6.23 Å². The van der Waals surface area contributed by atoms with Crippen molar-refractivity contribution in [2.75, 3.05) is 51.4 Å². The Kier molecular flexibility index (Phi) is 13.4. The first-order valence-electron chi connectivity index (χ1n) is 8.20. The average molecular weight is 416 g/mol. The fourth-order valence-electron chi connectivity index (χ4n) is 1.88. The second-order valence-electron chi connectivity index (χ2n) is 5.04. The lowest BCUT2D eigenvalue weighted by molar-refractivity contribution is -0.00371. The van der Waals surface area contributed by atoms with Crippen LogP contribution in [-0.2, 0) is 9.47 Å². The summed E-state index contributed by atoms with van der Waals surface area (Å²) >= 11 is 3.06. The summed E-state index contributed by atoms with van der Waals surface area (Å²) in [7, 11) is 0. The van der Waals surface area contributed by atoms with Crippen LogP contribution in [0.25, 0.3) is 10.4 Å². The summed E-state index contributed by atoms with van der Waals surface area (Å²) in [5.74, 6) is 0.885. The lowest BCUT2D eigenvalue weighted by Gasteiger charge is -2.14. The van der Waals surface area contributed by atoms with Crippen LogP contribution in [0.15, 0.2) is 29.4 Å². The van der Waals surface area contributed by atoms with E-state index < -0.39 is 6.23 Å². The van der Waals surface area contributed by atoms with Crippen molar-refractivity contribution in [1.82, 2.24) is 10.0 Å². The van der Waals surface area contributed by atoms with E-state index in [0.717, 1.165) is 0 Å². The van der Waals surface area contributed by atoms with E-state index in [4.69, 9.17) is 19.7 Å². The number of hydrogen-bond acceptors (Lipinski definition) is 8. The third kappa shape index (κ3) is 11.0. The van der Waals surface area contributed by atoms with Crippen LogP contribution in [0.4, 0.5) is 0 Å². The Morgan fingerprint density at radius 2 is 2.19 bits per heavy atom. The number of carbonyl (C=O) groups excluding carboxylic acids is 1. The van der Waals surface area contributed by atoms with Crippen molar-refractivity contribution in [3.63, 3.8) is 0 Å². The Labute approximate surface area is 167 Å². The molecule has 0 bridgehead atoms. The van der Waals surface area contributed by atoms with Crippen molar-refractivity contribution < 1.29 is 19.0 Å². The minimum absolute atomic E-state index is 0.0370. The molecule has 11 heteroatoms. The van der Waals surface area contributed by atoms with E-state index in [-0.39, 0.29) is 12.5 Å². The first-order valence-corrected chi connectivity index (χ1v) is 10.8. The standard InChI is InChI=1S/C16H25N5O4S2/c1-26-12-23-8-9-24-15(20-21-17)11-25-14-5-3-4-13(10-14)16(22)18-6-7-19-27-2/h3-5,10,15,19H,6-9,11-12H2,1-2H3,(H,18,22). The fraction of sp³-hybridized carbons (Fsp3) is 0.562. The molecule has 1 aromatic carbocycles. The zero-order chi connectivity index (χ0) is 19.7. The summed E-state index contributed by atoms with van der Waals surface area (Å²) < 4.78 is 19.4. The number of nitrogens with one attached hydrogen (secondary N) is 2. The largest absolute Gasteiger partial charge is 0.491 e. The van der Waals surface area contributed by atoms with Crippen LogP contribution in [0.3, 0.4) is 0 Å². The zero-order valence-corrected chi connectivity index (χ0v) is 17.1. The van der Waals surface area contributed by atoms with Gasteiger partial charge in [-0.05, 0) is 36.2 Å². The number of hydrogen-bond donors (Lipinski definition) is 2. The van der Waals surface area contributed by atoms with Crippen molar-refractivity contribution in [1.29, 1.82) is 0 Å². The molecule has 0 spiro atoms. The van der Waals surface area contributed by atoms with Crippen molar-refractivity contribution >= 4 is 29.6 Å². The highest BCUT2D eigenvalue weighted by Crippen LogP contribution is 2.14. The minimum Gasteiger partial charge on any atom is -0.491 e. The van der Waals surface area contributed by atoms with Gasteiger partial charge in [0.25, 0.3) is 5.91 Å². The van der Waals surface area contributed by atoms with Gasteiger partial charge in [0.15, 0.2) is 6.23 Å². The van der Waals surface area contributed by atoms with Crippen molar-refractivity contribution in [3.05, 3.63) is 40.3 Å². The van der Waals surface area contributed by atoms with Gasteiger partial charge in [-0.1, -0.05) is 23.1 Å². The molecule has 0 saturated heterocycles. The number of rotatable bonds is 15. The molecule has 0 aromatic heterocycles. The van der Waals surface area contributed by atoms with Gasteiger partial charge in [-0.15, -0.1) is 11.8 Å². The van der Waals surface area contributed by atoms with Crippen LogP contribution in [0, 0.1) is 0 Å². The molecule has 1 unspecified atom stereocenters. The lowest BCUT2D eigenvalue weighted by Crippen LogP contribution is -2.29. The molecule has 0 aliphatic carbocycles. The normalized spacial score (nSPS) is 11.5. The van der Waals surface area contributed by atoms with Crippen molar-refractivity contribution in [3.8, 4) is 5.75 Å². The van der Waals surface area contributed by atoms with Gasteiger partial charge in [0.2, 0.25) is 0 Å². The van der Waals surface area contributed by atoms with Gasteiger partial charge in [-0.25, -0.2) is 0 Å². The quantitative estimate of drug-likeness (QED) is 0.113. The first kappa shape index (κ1) is 23.4. The molecular formula is C16H25N5O4S2. The Morgan fingerprint density at radius 1 is 1.33 bits per heavy atom. The molecule has 0 aliphatic heterocycles. The lowest BCUT2D eigenvalue weighted by atomic mass is 10.2. The predicted molar refractivity (Wildman–Crippen MR) is 109 cm³/mol. The molecule has 0 fully saturated rings. The van der Waals surface area contributed by atoms with Gasteiger partial charge in [0, 0.05) is 23.6 Å². The molecule has 2 N–H and O–H groups in total. The SMILES string of the molecule is CSCOCCOC(COc1cccc(C(=O)NCCNSC)c1)N=[N+]=[N-]. The van der Waals surface area contributed by atoms with E-state index in [1.54, 1.807) is 36.0 Å². The molecule has 150 valence electrons. The van der Waals surface area contributed by atoms with E-state index in [2.05, 4.69) is 20.1 Å². The minimum atomic E-state index is -0.775. The second kappa shape index (κ2) is 15.4. The Morgan fingerprint density at radius 3 is 2.93 bits per heavy atom. The number of nitrogens with zero attached hydrogens (tertiary/aromatic N) is 3. The van der Waals surface area contributed by atoms with E-state index in [1.165, 1.54) is 11.9 Å². The Balaban J connectivity index is 2.46. The van der Waals surface area contributed by atoms with Gasteiger partial charge in [-0.2, -0.15) is 0 Å². The number of carbonyl (C=O) groups is 1. The summed E-state index contributed by atoms with van der Waals surface area (Å²) in [5, 5.41) is 6.37. The molecule has 0 aliphatic rings. The average Bonchev–Trinajstić information content (AvgIpc) is 2.69. The Hall–Kier alpha value is -1.62.